The maximum atomic E-state index is 12.0. The smallest absolute Gasteiger partial charge is 0.408 e. The number of carbonyl (C=O) groups is 3. The highest BCUT2D eigenvalue weighted by atomic mass is 35.5. The van der Waals surface area contributed by atoms with Crippen molar-refractivity contribution in [3.8, 4) is 5.75 Å². The average molecular weight is 495 g/mol. The third-order valence-electron chi connectivity index (χ3n) is 4.35. The second-order valence-electron chi connectivity index (χ2n) is 8.33. The summed E-state index contributed by atoms with van der Waals surface area (Å²) < 4.78 is 10.7. The molecule has 0 aliphatic carbocycles. The molecule has 12 heteroatoms. The third-order valence-corrected chi connectivity index (χ3v) is 4.66. The van der Waals surface area contributed by atoms with E-state index in [-0.39, 0.29) is 36.7 Å². The lowest BCUT2D eigenvalue weighted by Crippen LogP contribution is -2.44. The molecule has 1 atom stereocenters. The normalized spacial score (nSPS) is 12.0. The van der Waals surface area contributed by atoms with Gasteiger partial charge in [-0.25, -0.2) is 14.4 Å². The summed E-state index contributed by atoms with van der Waals surface area (Å²) in [5.74, 6) is -2.05. The number of rotatable bonds is 10. The molecule has 2 aromatic rings. The minimum atomic E-state index is -1.32. The van der Waals surface area contributed by atoms with Gasteiger partial charge in [-0.15, -0.1) is 5.10 Å². The van der Waals surface area contributed by atoms with E-state index >= 15 is 0 Å². The molecule has 0 aliphatic heterocycles. The van der Waals surface area contributed by atoms with Crippen LogP contribution in [0.2, 0.25) is 5.15 Å². The minimum Gasteiger partial charge on any atom is -0.492 e. The van der Waals surface area contributed by atoms with E-state index in [2.05, 4.69) is 15.5 Å². The molecule has 1 aromatic carbocycles. The van der Waals surface area contributed by atoms with Gasteiger partial charge >= 0.3 is 18.0 Å². The molecule has 1 amide bonds. The molecule has 5 N–H and O–H groups in total. The first-order valence-electron chi connectivity index (χ1n) is 10.3. The van der Waals surface area contributed by atoms with Crippen LogP contribution >= 0.6 is 11.6 Å². The van der Waals surface area contributed by atoms with Crippen molar-refractivity contribution in [3.63, 3.8) is 0 Å². The van der Waals surface area contributed by atoms with Gasteiger partial charge in [0.05, 0.1) is 11.3 Å². The lowest BCUT2D eigenvalue weighted by atomic mass is 10.0. The molecule has 0 fully saturated rings. The summed E-state index contributed by atoms with van der Waals surface area (Å²) in [6.07, 6.45) is -0.836. The van der Waals surface area contributed by atoms with E-state index in [1.54, 1.807) is 32.9 Å². The molecule has 11 nitrogen and oxygen atoms in total. The van der Waals surface area contributed by atoms with Crippen LogP contribution < -0.4 is 15.8 Å². The predicted octanol–water partition coefficient (Wildman–Crippen LogP) is 2.28. The first-order chi connectivity index (χ1) is 15.9. The number of nitrogens with zero attached hydrogens (tertiary/aromatic N) is 2. The Hall–Kier alpha value is -3.44. The second kappa shape index (κ2) is 11.6. The van der Waals surface area contributed by atoms with Crippen molar-refractivity contribution in [1.29, 1.82) is 0 Å². The molecule has 0 radical (unpaired) electrons. The molecule has 0 aliphatic rings. The van der Waals surface area contributed by atoms with Crippen molar-refractivity contribution < 1.29 is 34.1 Å². The predicted molar refractivity (Wildman–Crippen MR) is 122 cm³/mol. The molecular weight excluding hydrogens is 468 g/mol. The van der Waals surface area contributed by atoms with Gasteiger partial charge in [-0.05, 0) is 44.5 Å². The van der Waals surface area contributed by atoms with E-state index in [4.69, 9.17) is 26.8 Å². The largest absolute Gasteiger partial charge is 0.492 e. The van der Waals surface area contributed by atoms with Gasteiger partial charge in [-0.2, -0.15) is 5.10 Å². The second-order valence-corrected chi connectivity index (χ2v) is 8.69. The van der Waals surface area contributed by atoms with Crippen LogP contribution in [0.25, 0.3) is 0 Å². The summed E-state index contributed by atoms with van der Waals surface area (Å²) in [7, 11) is 0. The van der Waals surface area contributed by atoms with E-state index in [1.165, 1.54) is 12.1 Å². The molecule has 1 aromatic heterocycles. The number of nitrogens with two attached hydrogens (primary N) is 1. The van der Waals surface area contributed by atoms with Crippen molar-refractivity contribution >= 4 is 29.6 Å². The number of hydrogen-bond donors (Lipinski definition) is 4. The zero-order chi connectivity index (χ0) is 25.5. The molecule has 184 valence electrons. The van der Waals surface area contributed by atoms with E-state index in [1.807, 2.05) is 0 Å². The SMILES string of the molecule is CC(C)(C)OC(=O)NC(Cc1cc(Cc2ccc(C(=O)O)cc2OCCN)nnc1Cl)C(=O)O. The van der Waals surface area contributed by atoms with Crippen LogP contribution in [0, 0.1) is 0 Å². The van der Waals surface area contributed by atoms with Crippen LogP contribution in [0.1, 0.15) is 48.0 Å². The Morgan fingerprint density at radius 1 is 1.15 bits per heavy atom. The number of aliphatic carboxylic acids is 1. The average Bonchev–Trinajstić information content (AvgIpc) is 2.73. The lowest BCUT2D eigenvalue weighted by molar-refractivity contribution is -0.139. The van der Waals surface area contributed by atoms with Gasteiger partial charge in [-0.1, -0.05) is 17.7 Å². The molecule has 0 saturated carbocycles. The van der Waals surface area contributed by atoms with Gasteiger partial charge in [0.2, 0.25) is 0 Å². The Balaban J connectivity index is 2.26. The number of nitrogens with one attached hydrogen (secondary N) is 1. The topological polar surface area (TPSA) is 174 Å². The summed E-state index contributed by atoms with van der Waals surface area (Å²) in [5.41, 5.74) is 6.15. The quantitative estimate of drug-likeness (QED) is 0.383. The van der Waals surface area contributed by atoms with E-state index < -0.39 is 29.7 Å². The highest BCUT2D eigenvalue weighted by Crippen LogP contribution is 2.25. The Morgan fingerprint density at radius 2 is 1.85 bits per heavy atom. The van der Waals surface area contributed by atoms with E-state index in [0.29, 0.717) is 22.6 Å². The fourth-order valence-electron chi connectivity index (χ4n) is 2.89. The van der Waals surface area contributed by atoms with E-state index in [9.17, 15) is 24.6 Å². The number of ether oxygens (including phenoxy) is 2. The number of carboxylic acids is 2. The maximum Gasteiger partial charge on any atom is 0.408 e. The number of benzene rings is 1. The molecule has 0 spiro atoms. The Kier molecular flexibility index (Phi) is 9.16. The zero-order valence-corrected chi connectivity index (χ0v) is 19.8. The number of amides is 1. The monoisotopic (exact) mass is 494 g/mol. The highest BCUT2D eigenvalue weighted by Gasteiger charge is 2.25. The standard InChI is InChI=1S/C22H27ClN4O7/c1-22(2,3)34-21(32)25-16(20(30)31)10-14-9-15(26-27-18(14)23)8-12-4-5-13(19(28)29)11-17(12)33-7-6-24/h4-5,9,11,16H,6-8,10,24H2,1-3H3,(H,25,32)(H,28,29)(H,30,31). The molecule has 2 rings (SSSR count). The zero-order valence-electron chi connectivity index (χ0n) is 19.0. The van der Waals surface area contributed by atoms with Crippen LogP contribution in [0.15, 0.2) is 24.3 Å². The van der Waals surface area contributed by atoms with Gasteiger partial charge in [-0.3, -0.25) is 0 Å². The van der Waals surface area contributed by atoms with Crippen LogP contribution in [-0.2, 0) is 22.4 Å². The van der Waals surface area contributed by atoms with Crippen LogP contribution in [-0.4, -0.2) is 63.2 Å². The fourth-order valence-corrected chi connectivity index (χ4v) is 3.06. The van der Waals surface area contributed by atoms with Crippen molar-refractivity contribution in [2.45, 2.75) is 45.3 Å². The molecule has 0 saturated heterocycles. The van der Waals surface area contributed by atoms with Crippen molar-refractivity contribution in [1.82, 2.24) is 15.5 Å². The lowest BCUT2D eigenvalue weighted by Gasteiger charge is -2.22. The molecule has 0 bridgehead atoms. The van der Waals surface area contributed by atoms with Gasteiger partial charge in [0.15, 0.2) is 5.15 Å². The fraction of sp³-hybridized carbons (Fsp3) is 0.409. The summed E-state index contributed by atoms with van der Waals surface area (Å²) in [4.78, 5) is 35.0. The Bertz CT molecular complexity index is 1060. The van der Waals surface area contributed by atoms with Gasteiger partial charge < -0.3 is 30.7 Å². The van der Waals surface area contributed by atoms with Gasteiger partial charge in [0, 0.05) is 24.9 Å². The van der Waals surface area contributed by atoms with Crippen molar-refractivity contribution in [2.75, 3.05) is 13.2 Å². The number of carbonyl (C=O) groups excluding carboxylic acids is 1. The number of halogens is 1. The summed E-state index contributed by atoms with van der Waals surface area (Å²) >= 11 is 6.13. The van der Waals surface area contributed by atoms with Crippen LogP contribution in [0.5, 0.6) is 5.75 Å². The number of aromatic nitrogens is 2. The summed E-state index contributed by atoms with van der Waals surface area (Å²) in [6.45, 7) is 5.40. The van der Waals surface area contributed by atoms with Crippen molar-refractivity contribution in [3.05, 3.63) is 51.8 Å². The number of alkyl carbamates (subject to hydrolysis) is 1. The molecule has 34 heavy (non-hydrogen) atoms. The number of carboxylic acid groups (broad SMARTS) is 2. The first-order valence-corrected chi connectivity index (χ1v) is 10.7. The minimum absolute atomic E-state index is 0.0122. The number of aromatic carboxylic acids is 1. The number of hydrogen-bond acceptors (Lipinski definition) is 8. The van der Waals surface area contributed by atoms with Crippen LogP contribution in [0.4, 0.5) is 4.79 Å². The van der Waals surface area contributed by atoms with Gasteiger partial charge in [0.1, 0.15) is 24.0 Å². The Morgan fingerprint density at radius 3 is 2.44 bits per heavy atom. The summed E-state index contributed by atoms with van der Waals surface area (Å²) in [6, 6.07) is 4.67. The molecule has 1 unspecified atom stereocenters. The highest BCUT2D eigenvalue weighted by molar-refractivity contribution is 6.30. The van der Waals surface area contributed by atoms with Crippen molar-refractivity contribution in [2.24, 2.45) is 5.73 Å². The van der Waals surface area contributed by atoms with Crippen LogP contribution in [0.3, 0.4) is 0 Å². The molecular formula is C22H27ClN4O7. The third kappa shape index (κ3) is 8.16. The Labute approximate surface area is 201 Å². The molecule has 1 heterocycles. The first kappa shape index (κ1) is 26.8. The maximum absolute atomic E-state index is 12.0. The van der Waals surface area contributed by atoms with E-state index in [0.717, 1.165) is 0 Å². The van der Waals surface area contributed by atoms with Gasteiger partial charge in [0.25, 0.3) is 0 Å². The summed E-state index contributed by atoms with van der Waals surface area (Å²) in [5, 5.41) is 29.0.